The number of H-pyrrole nitrogens is 1. The van der Waals surface area contributed by atoms with Gasteiger partial charge < -0.3 is 15.2 Å². The number of likely N-dealkylation sites (N-methyl/N-ethyl adjacent to an activating group) is 1. The number of hydrogen-bond donors (Lipinski definition) is 2. The van der Waals surface area contributed by atoms with Gasteiger partial charge in [-0.05, 0) is 41.9 Å². The standard InChI is InChI=1S/C16H18BrN3O2/c1-18-9-10-4-3-7-20(10)16(22)12-8-14(21)19-15-11(12)5-2-6-13(15)17/h2,5-6,8,10,18H,3-4,7,9H2,1H3,(H,19,21). The van der Waals surface area contributed by atoms with Gasteiger partial charge in [0.05, 0.1) is 11.1 Å². The smallest absolute Gasteiger partial charge is 0.255 e. The van der Waals surface area contributed by atoms with Gasteiger partial charge in [0.2, 0.25) is 5.56 Å². The zero-order valence-electron chi connectivity index (χ0n) is 12.4. The van der Waals surface area contributed by atoms with E-state index in [1.807, 2.05) is 30.1 Å². The molecule has 1 aromatic carbocycles. The Morgan fingerprint density at radius 1 is 1.50 bits per heavy atom. The predicted octanol–water partition coefficient (Wildman–Crippen LogP) is 2.11. The molecule has 1 aliphatic heterocycles. The number of aromatic nitrogens is 1. The molecule has 5 nitrogen and oxygen atoms in total. The number of carbonyl (C=O) groups is 1. The Bertz CT molecular complexity index is 772. The Labute approximate surface area is 136 Å². The highest BCUT2D eigenvalue weighted by Crippen LogP contribution is 2.26. The minimum atomic E-state index is -0.257. The van der Waals surface area contributed by atoms with Crippen molar-refractivity contribution in [2.24, 2.45) is 0 Å². The zero-order chi connectivity index (χ0) is 15.7. The van der Waals surface area contributed by atoms with Crippen LogP contribution in [0, 0.1) is 0 Å². The van der Waals surface area contributed by atoms with Gasteiger partial charge in [-0.3, -0.25) is 9.59 Å². The second-order valence-corrected chi connectivity index (χ2v) is 6.42. The van der Waals surface area contributed by atoms with E-state index < -0.39 is 0 Å². The number of benzene rings is 1. The van der Waals surface area contributed by atoms with E-state index in [9.17, 15) is 9.59 Å². The highest BCUT2D eigenvalue weighted by atomic mass is 79.9. The Morgan fingerprint density at radius 2 is 2.32 bits per heavy atom. The average Bonchev–Trinajstić information content (AvgIpc) is 2.95. The van der Waals surface area contributed by atoms with Crippen molar-refractivity contribution in [2.45, 2.75) is 18.9 Å². The summed E-state index contributed by atoms with van der Waals surface area (Å²) in [6.07, 6.45) is 2.00. The average molecular weight is 364 g/mol. The summed E-state index contributed by atoms with van der Waals surface area (Å²) in [5.41, 5.74) is 0.887. The lowest BCUT2D eigenvalue weighted by molar-refractivity contribution is 0.0739. The van der Waals surface area contributed by atoms with Gasteiger partial charge in [0.15, 0.2) is 0 Å². The molecule has 2 heterocycles. The maximum atomic E-state index is 12.9. The summed E-state index contributed by atoms with van der Waals surface area (Å²) in [7, 11) is 1.89. The van der Waals surface area contributed by atoms with Crippen molar-refractivity contribution in [1.82, 2.24) is 15.2 Å². The fraction of sp³-hybridized carbons (Fsp3) is 0.375. The summed E-state index contributed by atoms with van der Waals surface area (Å²) in [5.74, 6) is -0.0630. The van der Waals surface area contributed by atoms with Crippen molar-refractivity contribution >= 4 is 32.7 Å². The molecule has 0 aliphatic carbocycles. The molecule has 3 rings (SSSR count). The summed E-state index contributed by atoms with van der Waals surface area (Å²) >= 11 is 3.43. The molecular formula is C16H18BrN3O2. The van der Waals surface area contributed by atoms with Crippen molar-refractivity contribution in [3.05, 3.63) is 44.7 Å². The third kappa shape index (κ3) is 2.68. The van der Waals surface area contributed by atoms with Crippen LogP contribution in [0.25, 0.3) is 10.9 Å². The summed E-state index contributed by atoms with van der Waals surface area (Å²) in [4.78, 5) is 29.5. The number of aromatic amines is 1. The minimum absolute atomic E-state index is 0.0630. The molecule has 116 valence electrons. The van der Waals surface area contributed by atoms with Crippen LogP contribution in [-0.4, -0.2) is 42.0 Å². The Kier molecular flexibility index (Phi) is 4.31. The summed E-state index contributed by atoms with van der Waals surface area (Å²) in [5, 5.41) is 3.91. The molecule has 1 atom stereocenters. The topological polar surface area (TPSA) is 65.2 Å². The van der Waals surface area contributed by atoms with Crippen LogP contribution in [0.2, 0.25) is 0 Å². The summed E-state index contributed by atoms with van der Waals surface area (Å²) in [6.45, 7) is 1.52. The van der Waals surface area contributed by atoms with Crippen LogP contribution >= 0.6 is 15.9 Å². The van der Waals surface area contributed by atoms with Crippen molar-refractivity contribution in [2.75, 3.05) is 20.1 Å². The number of para-hydroxylation sites is 1. The highest BCUT2D eigenvalue weighted by molar-refractivity contribution is 9.10. The summed E-state index contributed by atoms with van der Waals surface area (Å²) in [6, 6.07) is 7.19. The molecule has 1 fully saturated rings. The third-order valence-corrected chi connectivity index (χ3v) is 4.80. The molecule has 1 unspecified atom stereocenters. The number of pyridine rings is 1. The lowest BCUT2D eigenvalue weighted by Gasteiger charge is -2.25. The number of rotatable bonds is 3. The van der Waals surface area contributed by atoms with Gasteiger partial charge in [0, 0.05) is 35.1 Å². The van der Waals surface area contributed by atoms with E-state index in [0.29, 0.717) is 11.1 Å². The van der Waals surface area contributed by atoms with E-state index in [1.54, 1.807) is 0 Å². The van der Waals surface area contributed by atoms with Crippen molar-refractivity contribution in [1.29, 1.82) is 0 Å². The van der Waals surface area contributed by atoms with Gasteiger partial charge in [-0.1, -0.05) is 12.1 Å². The number of likely N-dealkylation sites (tertiary alicyclic amines) is 1. The number of fused-ring (bicyclic) bond motifs is 1. The largest absolute Gasteiger partial charge is 0.334 e. The molecule has 1 amide bonds. The molecule has 1 saturated heterocycles. The number of nitrogens with one attached hydrogen (secondary N) is 2. The molecule has 0 spiro atoms. The molecule has 0 radical (unpaired) electrons. The molecule has 1 aliphatic rings. The normalized spacial score (nSPS) is 18.1. The second kappa shape index (κ2) is 6.22. The molecular weight excluding hydrogens is 346 g/mol. The number of carbonyl (C=O) groups excluding carboxylic acids is 1. The third-order valence-electron chi connectivity index (χ3n) is 4.14. The van der Waals surface area contributed by atoms with Crippen LogP contribution in [0.3, 0.4) is 0 Å². The number of amides is 1. The zero-order valence-corrected chi connectivity index (χ0v) is 13.9. The van der Waals surface area contributed by atoms with Crippen molar-refractivity contribution in [3.8, 4) is 0 Å². The first-order valence-electron chi connectivity index (χ1n) is 7.39. The molecule has 2 aromatic rings. The lowest BCUT2D eigenvalue weighted by Crippen LogP contribution is -2.41. The summed E-state index contributed by atoms with van der Waals surface area (Å²) < 4.78 is 0.782. The lowest BCUT2D eigenvalue weighted by atomic mass is 10.1. The molecule has 2 N–H and O–H groups in total. The first-order chi connectivity index (χ1) is 10.6. The molecule has 6 heteroatoms. The van der Waals surface area contributed by atoms with E-state index in [2.05, 4.69) is 26.2 Å². The Morgan fingerprint density at radius 3 is 3.09 bits per heavy atom. The second-order valence-electron chi connectivity index (χ2n) is 5.56. The minimum Gasteiger partial charge on any atom is -0.334 e. The first-order valence-corrected chi connectivity index (χ1v) is 8.18. The molecule has 22 heavy (non-hydrogen) atoms. The van der Waals surface area contributed by atoms with Crippen LogP contribution in [-0.2, 0) is 0 Å². The van der Waals surface area contributed by atoms with Crippen molar-refractivity contribution < 1.29 is 4.79 Å². The molecule has 1 aromatic heterocycles. The van der Waals surface area contributed by atoms with Gasteiger partial charge in [0.25, 0.3) is 5.91 Å². The van der Waals surface area contributed by atoms with E-state index in [4.69, 9.17) is 0 Å². The maximum absolute atomic E-state index is 12.9. The SMILES string of the molecule is CNCC1CCCN1C(=O)c1cc(=O)[nH]c2c(Br)cccc12. The van der Waals surface area contributed by atoms with Gasteiger partial charge >= 0.3 is 0 Å². The van der Waals surface area contributed by atoms with Gasteiger partial charge in [-0.2, -0.15) is 0 Å². The fourth-order valence-electron chi connectivity index (χ4n) is 3.13. The van der Waals surface area contributed by atoms with Crippen LogP contribution in [0.1, 0.15) is 23.2 Å². The fourth-order valence-corrected chi connectivity index (χ4v) is 3.59. The van der Waals surface area contributed by atoms with Gasteiger partial charge in [0.1, 0.15) is 0 Å². The molecule has 0 saturated carbocycles. The maximum Gasteiger partial charge on any atom is 0.255 e. The Balaban J connectivity index is 2.08. The number of halogens is 1. The van der Waals surface area contributed by atoms with Crippen molar-refractivity contribution in [3.63, 3.8) is 0 Å². The highest BCUT2D eigenvalue weighted by Gasteiger charge is 2.30. The van der Waals surface area contributed by atoms with E-state index in [1.165, 1.54) is 6.07 Å². The predicted molar refractivity (Wildman–Crippen MR) is 90.3 cm³/mol. The van der Waals surface area contributed by atoms with Crippen LogP contribution in [0.4, 0.5) is 0 Å². The van der Waals surface area contributed by atoms with E-state index >= 15 is 0 Å². The molecule has 0 bridgehead atoms. The van der Waals surface area contributed by atoms with Gasteiger partial charge in [-0.25, -0.2) is 0 Å². The van der Waals surface area contributed by atoms with Crippen LogP contribution in [0.15, 0.2) is 33.5 Å². The number of nitrogens with zero attached hydrogens (tertiary/aromatic N) is 1. The van der Waals surface area contributed by atoms with E-state index in [0.717, 1.165) is 35.8 Å². The van der Waals surface area contributed by atoms with Crippen LogP contribution < -0.4 is 10.9 Å². The van der Waals surface area contributed by atoms with Crippen LogP contribution in [0.5, 0.6) is 0 Å². The van der Waals surface area contributed by atoms with E-state index in [-0.39, 0.29) is 17.5 Å². The van der Waals surface area contributed by atoms with Gasteiger partial charge in [-0.15, -0.1) is 0 Å². The monoisotopic (exact) mass is 363 g/mol. The quantitative estimate of drug-likeness (QED) is 0.877. The number of hydrogen-bond acceptors (Lipinski definition) is 3. The first kappa shape index (κ1) is 15.2. The Hall–Kier alpha value is -1.66.